The zero-order chi connectivity index (χ0) is 16.9. The van der Waals surface area contributed by atoms with E-state index in [9.17, 15) is 14.7 Å². The van der Waals surface area contributed by atoms with Gasteiger partial charge in [0.2, 0.25) is 5.91 Å². The van der Waals surface area contributed by atoms with Gasteiger partial charge in [-0.05, 0) is 17.2 Å². The summed E-state index contributed by atoms with van der Waals surface area (Å²) in [4.78, 5) is 25.4. The molecule has 0 saturated carbocycles. The number of hydrogen-bond acceptors (Lipinski definition) is 3. The number of anilines is 1. The lowest BCUT2D eigenvalue weighted by molar-refractivity contribution is -0.138. The smallest absolute Gasteiger partial charge is 0.312 e. The van der Waals surface area contributed by atoms with E-state index in [-0.39, 0.29) is 18.9 Å². The Morgan fingerprint density at radius 1 is 1.08 bits per heavy atom. The number of benzene rings is 2. The number of amides is 1. The molecule has 1 aliphatic rings. The van der Waals surface area contributed by atoms with Gasteiger partial charge in [0.05, 0.1) is 19.6 Å². The van der Waals surface area contributed by atoms with Crippen LogP contribution >= 0.6 is 0 Å². The lowest BCUT2D eigenvalue weighted by Gasteiger charge is -2.17. The summed E-state index contributed by atoms with van der Waals surface area (Å²) in [5.41, 5.74) is 2.45. The minimum Gasteiger partial charge on any atom is -0.481 e. The van der Waals surface area contributed by atoms with E-state index < -0.39 is 11.9 Å². The molecule has 1 amide bonds. The maximum atomic E-state index is 12.4. The quantitative estimate of drug-likeness (QED) is 0.829. The second-order valence-electron chi connectivity index (χ2n) is 5.74. The fourth-order valence-electron chi connectivity index (χ4n) is 2.91. The molecule has 1 N–H and O–H groups in total. The number of carbonyl (C=O) groups excluding carboxylic acids is 1. The van der Waals surface area contributed by atoms with Crippen LogP contribution in [0.5, 0.6) is 0 Å². The molecular weight excluding hydrogens is 306 g/mol. The second-order valence-corrected chi connectivity index (χ2v) is 5.74. The molecular formula is C19H19NO4. The zero-order valence-corrected chi connectivity index (χ0v) is 13.2. The zero-order valence-electron chi connectivity index (χ0n) is 13.2. The summed E-state index contributed by atoms with van der Waals surface area (Å²) in [6.45, 7) is 0.957. The molecule has 1 aliphatic heterocycles. The number of para-hydroxylation sites is 1. The van der Waals surface area contributed by atoms with Gasteiger partial charge >= 0.3 is 5.97 Å². The number of ether oxygens (including phenoxy) is 1. The lowest BCUT2D eigenvalue weighted by Crippen LogP contribution is -2.31. The molecule has 5 heteroatoms. The standard InChI is InChI=1S/C19H19NO4/c21-18(10-11-24-13-14-6-2-1-3-7-14)20-12-16(19(22)23)15-8-4-5-9-17(15)20/h1-9,16H,10-13H2,(H,22,23). The van der Waals surface area contributed by atoms with E-state index in [2.05, 4.69) is 0 Å². The summed E-state index contributed by atoms with van der Waals surface area (Å²) < 4.78 is 5.55. The first-order valence-corrected chi connectivity index (χ1v) is 7.90. The Bertz CT molecular complexity index is 729. The van der Waals surface area contributed by atoms with Crippen LogP contribution in [0, 0.1) is 0 Å². The van der Waals surface area contributed by atoms with E-state index in [1.165, 1.54) is 0 Å². The van der Waals surface area contributed by atoms with Gasteiger partial charge in [-0.1, -0.05) is 48.5 Å². The highest BCUT2D eigenvalue weighted by molar-refractivity contribution is 5.98. The topological polar surface area (TPSA) is 66.8 Å². The molecule has 0 radical (unpaired) electrons. The van der Waals surface area contributed by atoms with E-state index in [1.54, 1.807) is 23.1 Å². The van der Waals surface area contributed by atoms with E-state index in [0.717, 1.165) is 5.56 Å². The predicted molar refractivity (Wildman–Crippen MR) is 89.9 cm³/mol. The van der Waals surface area contributed by atoms with Gasteiger partial charge in [0.15, 0.2) is 0 Å². The summed E-state index contributed by atoms with van der Waals surface area (Å²) in [5.74, 6) is -1.67. The largest absolute Gasteiger partial charge is 0.481 e. The molecule has 0 saturated heterocycles. The van der Waals surface area contributed by atoms with Crippen molar-refractivity contribution in [2.24, 2.45) is 0 Å². The first kappa shape index (κ1) is 16.2. The van der Waals surface area contributed by atoms with Gasteiger partial charge in [0.25, 0.3) is 0 Å². The molecule has 0 aromatic heterocycles. The van der Waals surface area contributed by atoms with Gasteiger partial charge in [-0.2, -0.15) is 0 Å². The summed E-state index contributed by atoms with van der Waals surface area (Å²) in [7, 11) is 0. The third-order valence-corrected chi connectivity index (χ3v) is 4.14. The first-order chi connectivity index (χ1) is 11.7. The number of fused-ring (bicyclic) bond motifs is 1. The molecule has 0 fully saturated rings. The molecule has 0 spiro atoms. The normalized spacial score (nSPS) is 16.0. The van der Waals surface area contributed by atoms with Crippen LogP contribution in [0.15, 0.2) is 54.6 Å². The van der Waals surface area contributed by atoms with Crippen molar-refractivity contribution < 1.29 is 19.4 Å². The van der Waals surface area contributed by atoms with E-state index in [4.69, 9.17) is 4.74 Å². The first-order valence-electron chi connectivity index (χ1n) is 7.90. The van der Waals surface area contributed by atoms with Gasteiger partial charge in [-0.25, -0.2) is 0 Å². The highest BCUT2D eigenvalue weighted by atomic mass is 16.5. The Labute approximate surface area is 140 Å². The van der Waals surface area contributed by atoms with Crippen molar-refractivity contribution in [1.82, 2.24) is 0 Å². The lowest BCUT2D eigenvalue weighted by atomic mass is 10.0. The molecule has 1 heterocycles. The summed E-state index contributed by atoms with van der Waals surface area (Å²) in [6, 6.07) is 16.9. The van der Waals surface area contributed by atoms with Crippen LogP contribution in [0.1, 0.15) is 23.5 Å². The Hall–Kier alpha value is -2.66. The Morgan fingerprint density at radius 2 is 1.79 bits per heavy atom. The molecule has 0 aliphatic carbocycles. The third kappa shape index (κ3) is 3.46. The van der Waals surface area contributed by atoms with Crippen LogP contribution in [-0.2, 0) is 20.9 Å². The fourth-order valence-corrected chi connectivity index (χ4v) is 2.91. The van der Waals surface area contributed by atoms with Crippen molar-refractivity contribution in [3.8, 4) is 0 Å². The van der Waals surface area contributed by atoms with E-state index in [0.29, 0.717) is 24.5 Å². The van der Waals surface area contributed by atoms with Gasteiger partial charge < -0.3 is 14.7 Å². The van der Waals surface area contributed by atoms with Crippen LogP contribution in [0.3, 0.4) is 0 Å². The summed E-state index contributed by atoms with van der Waals surface area (Å²) in [6.07, 6.45) is 0.230. The third-order valence-electron chi connectivity index (χ3n) is 4.14. The average Bonchev–Trinajstić information content (AvgIpc) is 2.99. The van der Waals surface area contributed by atoms with Crippen molar-refractivity contribution in [3.63, 3.8) is 0 Å². The highest BCUT2D eigenvalue weighted by Crippen LogP contribution is 2.36. The summed E-state index contributed by atoms with van der Waals surface area (Å²) >= 11 is 0. The molecule has 2 aromatic carbocycles. The monoisotopic (exact) mass is 325 g/mol. The average molecular weight is 325 g/mol. The number of carboxylic acid groups (broad SMARTS) is 1. The number of carbonyl (C=O) groups is 2. The molecule has 0 bridgehead atoms. The van der Waals surface area contributed by atoms with Crippen LogP contribution in [0.4, 0.5) is 5.69 Å². The van der Waals surface area contributed by atoms with Gasteiger partial charge in [0.1, 0.15) is 5.92 Å². The molecule has 3 rings (SSSR count). The summed E-state index contributed by atoms with van der Waals surface area (Å²) in [5, 5.41) is 9.34. The Morgan fingerprint density at radius 3 is 2.54 bits per heavy atom. The minimum atomic E-state index is -0.905. The molecule has 5 nitrogen and oxygen atoms in total. The highest BCUT2D eigenvalue weighted by Gasteiger charge is 2.35. The molecule has 124 valence electrons. The van der Waals surface area contributed by atoms with Crippen LogP contribution in [0.25, 0.3) is 0 Å². The number of hydrogen-bond donors (Lipinski definition) is 1. The number of carboxylic acids is 1. The van der Waals surface area contributed by atoms with Crippen molar-refractivity contribution in [3.05, 3.63) is 65.7 Å². The SMILES string of the molecule is O=C(O)C1CN(C(=O)CCOCc2ccccc2)c2ccccc21. The molecule has 1 atom stereocenters. The maximum Gasteiger partial charge on any atom is 0.312 e. The van der Waals surface area contributed by atoms with Crippen molar-refractivity contribution in [2.45, 2.75) is 18.9 Å². The van der Waals surface area contributed by atoms with Crippen LogP contribution < -0.4 is 4.90 Å². The van der Waals surface area contributed by atoms with Crippen molar-refractivity contribution in [1.29, 1.82) is 0 Å². The van der Waals surface area contributed by atoms with E-state index >= 15 is 0 Å². The van der Waals surface area contributed by atoms with Crippen molar-refractivity contribution >= 4 is 17.6 Å². The fraction of sp³-hybridized carbons (Fsp3) is 0.263. The number of rotatable bonds is 6. The Balaban J connectivity index is 1.57. The number of aliphatic carboxylic acids is 1. The molecule has 2 aromatic rings. The Kier molecular flexibility index (Phi) is 4.91. The van der Waals surface area contributed by atoms with Crippen LogP contribution in [0.2, 0.25) is 0 Å². The van der Waals surface area contributed by atoms with Crippen LogP contribution in [-0.4, -0.2) is 30.1 Å². The van der Waals surface area contributed by atoms with Gasteiger partial charge in [0, 0.05) is 12.2 Å². The minimum absolute atomic E-state index is 0.112. The molecule has 1 unspecified atom stereocenters. The van der Waals surface area contributed by atoms with E-state index in [1.807, 2.05) is 36.4 Å². The van der Waals surface area contributed by atoms with Gasteiger partial charge in [-0.3, -0.25) is 9.59 Å². The van der Waals surface area contributed by atoms with Crippen molar-refractivity contribution in [2.75, 3.05) is 18.1 Å². The predicted octanol–water partition coefficient (Wildman–Crippen LogP) is 2.81. The van der Waals surface area contributed by atoms with Gasteiger partial charge in [-0.15, -0.1) is 0 Å². The molecule has 24 heavy (non-hydrogen) atoms. The number of nitrogens with zero attached hydrogens (tertiary/aromatic N) is 1. The maximum absolute atomic E-state index is 12.4. The second kappa shape index (κ2) is 7.27.